The average Bonchev–Trinajstić information content (AvgIpc) is 2.74. The number of anilines is 2. The molecule has 2 aromatic rings. The highest BCUT2D eigenvalue weighted by Crippen LogP contribution is 2.32. The molecule has 0 atom stereocenters. The monoisotopic (exact) mass is 378 g/mol. The molecular formula is C23H30N4O. The summed E-state index contributed by atoms with van der Waals surface area (Å²) in [4.78, 5) is 24.0. The minimum Gasteiger partial charge on any atom is -0.342 e. The summed E-state index contributed by atoms with van der Waals surface area (Å²) in [7, 11) is 0. The third-order valence-electron chi connectivity index (χ3n) is 6.09. The minimum absolute atomic E-state index is 0.275. The van der Waals surface area contributed by atoms with E-state index in [0.717, 1.165) is 61.7 Å². The number of likely N-dealkylation sites (tertiary alicyclic amines) is 1. The number of piperidine rings is 1. The quantitative estimate of drug-likeness (QED) is 0.829. The fourth-order valence-corrected chi connectivity index (χ4v) is 4.56. The molecule has 1 aliphatic heterocycles. The Kier molecular flexibility index (Phi) is 5.89. The van der Waals surface area contributed by atoms with Crippen molar-refractivity contribution in [3.05, 3.63) is 47.9 Å². The number of carbonyl (C=O) groups is 1. The first-order valence-corrected chi connectivity index (χ1v) is 10.6. The molecule has 5 heteroatoms. The second-order valence-corrected chi connectivity index (χ2v) is 8.20. The van der Waals surface area contributed by atoms with Crippen LogP contribution in [0.25, 0.3) is 0 Å². The first-order valence-electron chi connectivity index (χ1n) is 10.6. The summed E-state index contributed by atoms with van der Waals surface area (Å²) in [5, 5.41) is 3.38. The molecule has 1 aliphatic carbocycles. The van der Waals surface area contributed by atoms with Crippen molar-refractivity contribution < 1.29 is 4.79 Å². The van der Waals surface area contributed by atoms with Gasteiger partial charge in [-0.1, -0.05) is 25.3 Å². The zero-order valence-corrected chi connectivity index (χ0v) is 16.7. The molecule has 4 rings (SSSR count). The van der Waals surface area contributed by atoms with Crippen molar-refractivity contribution in [3.63, 3.8) is 0 Å². The number of aromatic nitrogens is 2. The van der Waals surface area contributed by atoms with Gasteiger partial charge in [0.1, 0.15) is 5.82 Å². The third-order valence-corrected chi connectivity index (χ3v) is 6.09. The molecule has 0 aromatic carbocycles. The van der Waals surface area contributed by atoms with Gasteiger partial charge in [0.2, 0.25) is 5.91 Å². The molecule has 0 spiro atoms. The van der Waals surface area contributed by atoms with Crippen molar-refractivity contribution in [2.24, 2.45) is 5.92 Å². The standard InChI is InChI=1S/C23H30N4O/c1-17-15-20(26-22-9-5-6-12-24-22)16-21(25-17)18-10-13-27(14-11-18)23(28)19-7-3-2-4-8-19/h5-6,9,12,15-16,18-19H,2-4,7-8,10-11,13-14H2,1H3,(H,24,25,26). The molecule has 2 aromatic heterocycles. The lowest BCUT2D eigenvalue weighted by molar-refractivity contribution is -0.137. The Bertz CT molecular complexity index is 794. The van der Waals surface area contributed by atoms with Gasteiger partial charge in [0.25, 0.3) is 0 Å². The Balaban J connectivity index is 1.39. The number of amides is 1. The van der Waals surface area contributed by atoms with Crippen molar-refractivity contribution in [1.29, 1.82) is 0 Å². The van der Waals surface area contributed by atoms with Crippen LogP contribution in [0.4, 0.5) is 11.5 Å². The molecule has 1 N–H and O–H groups in total. The number of pyridine rings is 2. The summed E-state index contributed by atoms with van der Waals surface area (Å²) >= 11 is 0. The number of nitrogens with zero attached hydrogens (tertiary/aromatic N) is 3. The number of aryl methyl sites for hydroxylation is 1. The van der Waals surface area contributed by atoms with Crippen LogP contribution in [0.1, 0.15) is 62.3 Å². The van der Waals surface area contributed by atoms with Gasteiger partial charge in [0, 0.05) is 48.2 Å². The van der Waals surface area contributed by atoms with Gasteiger partial charge in [-0.15, -0.1) is 0 Å². The lowest BCUT2D eigenvalue weighted by atomic mass is 9.86. The molecule has 28 heavy (non-hydrogen) atoms. The van der Waals surface area contributed by atoms with E-state index in [4.69, 9.17) is 4.98 Å². The van der Waals surface area contributed by atoms with Crippen LogP contribution in [0.2, 0.25) is 0 Å². The fourth-order valence-electron chi connectivity index (χ4n) is 4.56. The van der Waals surface area contributed by atoms with E-state index in [2.05, 4.69) is 27.3 Å². The topological polar surface area (TPSA) is 58.1 Å². The number of carbonyl (C=O) groups excluding carboxylic acids is 1. The van der Waals surface area contributed by atoms with E-state index in [1.807, 2.05) is 25.1 Å². The maximum Gasteiger partial charge on any atom is 0.225 e. The number of rotatable bonds is 4. The normalized spacial score (nSPS) is 18.8. The van der Waals surface area contributed by atoms with Crippen LogP contribution >= 0.6 is 0 Å². The Morgan fingerprint density at radius 3 is 2.57 bits per heavy atom. The van der Waals surface area contributed by atoms with Crippen molar-refractivity contribution in [1.82, 2.24) is 14.9 Å². The molecule has 0 radical (unpaired) electrons. The SMILES string of the molecule is Cc1cc(Nc2ccccn2)cc(C2CCN(C(=O)C3CCCCC3)CC2)n1. The van der Waals surface area contributed by atoms with Crippen molar-refractivity contribution in [3.8, 4) is 0 Å². The zero-order valence-electron chi connectivity index (χ0n) is 16.7. The van der Waals surface area contributed by atoms with Gasteiger partial charge in [-0.25, -0.2) is 4.98 Å². The van der Waals surface area contributed by atoms with Crippen LogP contribution < -0.4 is 5.32 Å². The summed E-state index contributed by atoms with van der Waals surface area (Å²) in [5.74, 6) is 1.93. The van der Waals surface area contributed by atoms with Gasteiger partial charge < -0.3 is 10.2 Å². The van der Waals surface area contributed by atoms with E-state index in [9.17, 15) is 4.79 Å². The highest BCUT2D eigenvalue weighted by Gasteiger charge is 2.30. The molecule has 1 amide bonds. The Hall–Kier alpha value is -2.43. The van der Waals surface area contributed by atoms with E-state index in [0.29, 0.717) is 11.8 Å². The van der Waals surface area contributed by atoms with E-state index in [1.165, 1.54) is 19.3 Å². The highest BCUT2D eigenvalue weighted by atomic mass is 16.2. The fraction of sp³-hybridized carbons (Fsp3) is 0.522. The van der Waals surface area contributed by atoms with Gasteiger partial charge >= 0.3 is 0 Å². The van der Waals surface area contributed by atoms with Crippen LogP contribution in [0.5, 0.6) is 0 Å². The molecule has 0 unspecified atom stereocenters. The van der Waals surface area contributed by atoms with Crippen LogP contribution in [-0.2, 0) is 4.79 Å². The lowest BCUT2D eigenvalue weighted by Crippen LogP contribution is -2.42. The smallest absolute Gasteiger partial charge is 0.225 e. The third kappa shape index (κ3) is 4.51. The first kappa shape index (κ1) is 18.9. The second-order valence-electron chi connectivity index (χ2n) is 8.20. The molecular weight excluding hydrogens is 348 g/mol. The van der Waals surface area contributed by atoms with Crippen LogP contribution in [-0.4, -0.2) is 33.9 Å². The Morgan fingerprint density at radius 2 is 1.86 bits per heavy atom. The summed E-state index contributed by atoms with van der Waals surface area (Å²) in [6.07, 6.45) is 9.67. The van der Waals surface area contributed by atoms with E-state index >= 15 is 0 Å². The molecule has 1 saturated heterocycles. The highest BCUT2D eigenvalue weighted by molar-refractivity contribution is 5.79. The van der Waals surface area contributed by atoms with Crippen molar-refractivity contribution in [2.45, 2.75) is 57.8 Å². The average molecular weight is 379 g/mol. The molecule has 2 fully saturated rings. The number of hydrogen-bond acceptors (Lipinski definition) is 4. The minimum atomic E-state index is 0.275. The van der Waals surface area contributed by atoms with E-state index in [-0.39, 0.29) is 5.92 Å². The molecule has 3 heterocycles. The molecule has 0 bridgehead atoms. The molecule has 5 nitrogen and oxygen atoms in total. The van der Waals surface area contributed by atoms with E-state index in [1.54, 1.807) is 6.20 Å². The Labute approximate surface area is 167 Å². The molecule has 1 saturated carbocycles. The number of nitrogens with one attached hydrogen (secondary N) is 1. The van der Waals surface area contributed by atoms with Crippen molar-refractivity contribution >= 4 is 17.4 Å². The summed E-state index contributed by atoms with van der Waals surface area (Å²) in [5.41, 5.74) is 3.17. The van der Waals surface area contributed by atoms with Gasteiger partial charge in [0.05, 0.1) is 0 Å². The second kappa shape index (κ2) is 8.72. The van der Waals surface area contributed by atoms with Gasteiger partial charge in [-0.2, -0.15) is 0 Å². The van der Waals surface area contributed by atoms with Gasteiger partial charge in [-0.05, 0) is 56.9 Å². The van der Waals surface area contributed by atoms with Crippen LogP contribution in [0.3, 0.4) is 0 Å². The van der Waals surface area contributed by atoms with Gasteiger partial charge in [-0.3, -0.25) is 9.78 Å². The van der Waals surface area contributed by atoms with Gasteiger partial charge in [0.15, 0.2) is 0 Å². The van der Waals surface area contributed by atoms with E-state index < -0.39 is 0 Å². The largest absolute Gasteiger partial charge is 0.342 e. The predicted octanol–water partition coefficient (Wildman–Crippen LogP) is 4.81. The summed E-state index contributed by atoms with van der Waals surface area (Å²) in [6.45, 7) is 3.76. The number of hydrogen-bond donors (Lipinski definition) is 1. The molecule has 2 aliphatic rings. The summed E-state index contributed by atoms with van der Waals surface area (Å²) in [6, 6.07) is 10.1. The molecule has 148 valence electrons. The predicted molar refractivity (Wildman–Crippen MR) is 112 cm³/mol. The first-order chi connectivity index (χ1) is 13.7. The lowest BCUT2D eigenvalue weighted by Gasteiger charge is -2.35. The Morgan fingerprint density at radius 1 is 1.07 bits per heavy atom. The zero-order chi connectivity index (χ0) is 19.3. The van der Waals surface area contributed by atoms with Crippen LogP contribution in [0, 0.1) is 12.8 Å². The van der Waals surface area contributed by atoms with Crippen LogP contribution in [0.15, 0.2) is 36.5 Å². The maximum atomic E-state index is 12.8. The van der Waals surface area contributed by atoms with Crippen molar-refractivity contribution in [2.75, 3.05) is 18.4 Å². The maximum absolute atomic E-state index is 12.8. The summed E-state index contributed by atoms with van der Waals surface area (Å²) < 4.78 is 0.